The van der Waals surface area contributed by atoms with Gasteiger partial charge < -0.3 is 10.1 Å². The summed E-state index contributed by atoms with van der Waals surface area (Å²) in [6.07, 6.45) is 1.86. The van der Waals surface area contributed by atoms with E-state index in [9.17, 15) is 9.59 Å². The predicted octanol–water partition coefficient (Wildman–Crippen LogP) is 3.91. The minimum atomic E-state index is -0.326. The number of hydrogen-bond donors (Lipinski definition) is 1. The third-order valence-corrected chi connectivity index (χ3v) is 4.21. The molecule has 1 saturated heterocycles. The minimum Gasteiger partial charge on any atom is -0.447 e. The third kappa shape index (κ3) is 4.59. The number of anilines is 2. The van der Waals surface area contributed by atoms with E-state index in [1.54, 1.807) is 17.0 Å². The van der Waals surface area contributed by atoms with E-state index in [4.69, 9.17) is 4.74 Å². The zero-order valence-corrected chi connectivity index (χ0v) is 14.3. The van der Waals surface area contributed by atoms with Crippen LogP contribution in [0.5, 0.6) is 0 Å². The summed E-state index contributed by atoms with van der Waals surface area (Å²) in [7, 11) is 0. The summed E-state index contributed by atoms with van der Waals surface area (Å²) in [5, 5.41) is 2.89. The maximum atomic E-state index is 12.1. The SMILES string of the molecule is Cc1ccc(CCCC(=O)Nc2ccc(N3CCOC3=O)cc2)cc1. The summed E-state index contributed by atoms with van der Waals surface area (Å²) in [6.45, 7) is 3.04. The minimum absolute atomic E-state index is 0.000411. The smallest absolute Gasteiger partial charge is 0.414 e. The molecular formula is C20H22N2O3. The normalized spacial score (nSPS) is 13.6. The fourth-order valence-electron chi connectivity index (χ4n) is 2.78. The molecule has 0 aliphatic carbocycles. The van der Waals surface area contributed by atoms with Crippen LogP contribution in [0.4, 0.5) is 16.2 Å². The molecule has 0 unspecified atom stereocenters. The van der Waals surface area contributed by atoms with Crippen LogP contribution < -0.4 is 10.2 Å². The summed E-state index contributed by atoms with van der Waals surface area (Å²) < 4.78 is 4.92. The summed E-state index contributed by atoms with van der Waals surface area (Å²) in [5.74, 6) is 0.000411. The lowest BCUT2D eigenvalue weighted by atomic mass is 10.1. The predicted molar refractivity (Wildman–Crippen MR) is 97.9 cm³/mol. The first-order valence-corrected chi connectivity index (χ1v) is 8.51. The Kier molecular flexibility index (Phi) is 5.33. The Morgan fingerprint density at radius 1 is 1.12 bits per heavy atom. The number of hydrogen-bond acceptors (Lipinski definition) is 3. The highest BCUT2D eigenvalue weighted by Gasteiger charge is 2.23. The van der Waals surface area contributed by atoms with Gasteiger partial charge in [-0.3, -0.25) is 9.69 Å². The standard InChI is InChI=1S/C20H22N2O3/c1-15-5-7-16(8-6-15)3-2-4-19(23)21-17-9-11-18(12-10-17)22-13-14-25-20(22)24/h5-12H,2-4,13-14H2,1H3,(H,21,23). The van der Waals surface area contributed by atoms with Gasteiger partial charge in [0.2, 0.25) is 5.91 Å². The van der Waals surface area contributed by atoms with Crippen LogP contribution in [0, 0.1) is 6.92 Å². The van der Waals surface area contributed by atoms with E-state index in [-0.39, 0.29) is 12.0 Å². The van der Waals surface area contributed by atoms with E-state index in [2.05, 4.69) is 36.5 Å². The van der Waals surface area contributed by atoms with Crippen LogP contribution in [0.15, 0.2) is 48.5 Å². The van der Waals surface area contributed by atoms with E-state index >= 15 is 0 Å². The lowest BCUT2D eigenvalue weighted by Crippen LogP contribution is -2.23. The van der Waals surface area contributed by atoms with Gasteiger partial charge in [0.1, 0.15) is 6.61 Å². The molecule has 5 nitrogen and oxygen atoms in total. The molecule has 2 aromatic carbocycles. The van der Waals surface area contributed by atoms with Crippen molar-refractivity contribution in [2.75, 3.05) is 23.4 Å². The summed E-state index contributed by atoms with van der Waals surface area (Å²) in [5.41, 5.74) is 4.00. The van der Waals surface area contributed by atoms with E-state index in [1.165, 1.54) is 11.1 Å². The topological polar surface area (TPSA) is 58.6 Å². The van der Waals surface area contributed by atoms with E-state index < -0.39 is 0 Å². The highest BCUT2D eigenvalue weighted by atomic mass is 16.6. The van der Waals surface area contributed by atoms with Gasteiger partial charge in [0.25, 0.3) is 0 Å². The van der Waals surface area contributed by atoms with Crippen LogP contribution in [0.1, 0.15) is 24.0 Å². The number of cyclic esters (lactones) is 1. The molecule has 3 rings (SSSR count). The molecular weight excluding hydrogens is 316 g/mol. The van der Waals surface area contributed by atoms with Gasteiger partial charge in [0.15, 0.2) is 0 Å². The van der Waals surface area contributed by atoms with Crippen molar-refractivity contribution in [2.45, 2.75) is 26.2 Å². The van der Waals surface area contributed by atoms with Gasteiger partial charge >= 0.3 is 6.09 Å². The average Bonchev–Trinajstić information content (AvgIpc) is 3.03. The first-order valence-electron chi connectivity index (χ1n) is 8.51. The molecule has 2 aromatic rings. The van der Waals surface area contributed by atoms with Crippen molar-refractivity contribution in [3.05, 3.63) is 59.7 Å². The van der Waals surface area contributed by atoms with Gasteiger partial charge in [-0.1, -0.05) is 29.8 Å². The fourth-order valence-corrected chi connectivity index (χ4v) is 2.78. The van der Waals surface area contributed by atoms with Crippen LogP contribution in [-0.2, 0) is 16.0 Å². The number of nitrogens with one attached hydrogen (secondary N) is 1. The zero-order chi connectivity index (χ0) is 17.6. The van der Waals surface area contributed by atoms with Crippen molar-refractivity contribution in [3.63, 3.8) is 0 Å². The second-order valence-corrected chi connectivity index (χ2v) is 6.20. The molecule has 0 spiro atoms. The second-order valence-electron chi connectivity index (χ2n) is 6.20. The molecule has 0 atom stereocenters. The number of carbonyl (C=O) groups excluding carboxylic acids is 2. The Morgan fingerprint density at radius 3 is 2.48 bits per heavy atom. The molecule has 5 heteroatoms. The fraction of sp³-hybridized carbons (Fsp3) is 0.300. The van der Waals surface area contributed by atoms with Gasteiger partial charge in [-0.05, 0) is 49.6 Å². The van der Waals surface area contributed by atoms with Gasteiger partial charge in [0.05, 0.1) is 6.54 Å². The quantitative estimate of drug-likeness (QED) is 0.869. The van der Waals surface area contributed by atoms with Crippen molar-refractivity contribution < 1.29 is 14.3 Å². The Hall–Kier alpha value is -2.82. The monoisotopic (exact) mass is 338 g/mol. The van der Waals surface area contributed by atoms with Crippen molar-refractivity contribution in [1.29, 1.82) is 0 Å². The second kappa shape index (κ2) is 7.83. The molecule has 1 aliphatic rings. The largest absolute Gasteiger partial charge is 0.447 e. The Bertz CT molecular complexity index is 739. The Morgan fingerprint density at radius 2 is 1.84 bits per heavy atom. The molecule has 0 radical (unpaired) electrons. The van der Waals surface area contributed by atoms with Gasteiger partial charge in [0, 0.05) is 17.8 Å². The number of rotatable bonds is 6. The molecule has 0 bridgehead atoms. The van der Waals surface area contributed by atoms with E-state index in [0.717, 1.165) is 24.2 Å². The maximum Gasteiger partial charge on any atom is 0.414 e. The summed E-state index contributed by atoms with van der Waals surface area (Å²) >= 11 is 0. The first-order chi connectivity index (χ1) is 12.1. The maximum absolute atomic E-state index is 12.1. The van der Waals surface area contributed by atoms with Crippen LogP contribution in [-0.4, -0.2) is 25.2 Å². The Labute approximate surface area is 147 Å². The van der Waals surface area contributed by atoms with E-state index in [0.29, 0.717) is 19.6 Å². The summed E-state index contributed by atoms with van der Waals surface area (Å²) in [6, 6.07) is 15.6. The zero-order valence-electron chi connectivity index (χ0n) is 14.3. The number of aryl methyl sites for hydroxylation is 2. The molecule has 0 saturated carbocycles. The molecule has 1 fully saturated rings. The molecule has 1 N–H and O–H groups in total. The van der Waals surface area contributed by atoms with Crippen LogP contribution >= 0.6 is 0 Å². The lowest BCUT2D eigenvalue weighted by molar-refractivity contribution is -0.116. The molecule has 0 aromatic heterocycles. The number of carbonyl (C=O) groups is 2. The van der Waals surface area contributed by atoms with Crippen LogP contribution in [0.2, 0.25) is 0 Å². The number of benzene rings is 2. The molecule has 130 valence electrons. The molecule has 25 heavy (non-hydrogen) atoms. The summed E-state index contributed by atoms with van der Waals surface area (Å²) in [4.78, 5) is 25.2. The average molecular weight is 338 g/mol. The van der Waals surface area contributed by atoms with E-state index in [1.807, 2.05) is 12.1 Å². The molecule has 1 aliphatic heterocycles. The number of nitrogens with zero attached hydrogens (tertiary/aromatic N) is 1. The highest BCUT2D eigenvalue weighted by Crippen LogP contribution is 2.21. The van der Waals surface area contributed by atoms with Gasteiger partial charge in [-0.2, -0.15) is 0 Å². The third-order valence-electron chi connectivity index (χ3n) is 4.21. The van der Waals surface area contributed by atoms with Crippen molar-refractivity contribution in [1.82, 2.24) is 0 Å². The number of amides is 2. The van der Waals surface area contributed by atoms with Crippen molar-refractivity contribution in [3.8, 4) is 0 Å². The molecule has 2 amide bonds. The van der Waals surface area contributed by atoms with Gasteiger partial charge in [-0.25, -0.2) is 4.79 Å². The van der Waals surface area contributed by atoms with Crippen molar-refractivity contribution in [2.24, 2.45) is 0 Å². The molecule has 1 heterocycles. The van der Waals surface area contributed by atoms with Crippen molar-refractivity contribution >= 4 is 23.4 Å². The van der Waals surface area contributed by atoms with Crippen LogP contribution in [0.25, 0.3) is 0 Å². The van der Waals surface area contributed by atoms with Gasteiger partial charge in [-0.15, -0.1) is 0 Å². The lowest BCUT2D eigenvalue weighted by Gasteiger charge is -2.13. The Balaban J connectivity index is 1.46. The first kappa shape index (κ1) is 17.0. The highest BCUT2D eigenvalue weighted by molar-refractivity contribution is 5.92. The van der Waals surface area contributed by atoms with Crippen LogP contribution in [0.3, 0.4) is 0 Å². The number of ether oxygens (including phenoxy) is 1.